The monoisotopic (exact) mass is 318 g/mol. The van der Waals surface area contributed by atoms with E-state index in [0.717, 1.165) is 12.8 Å². The number of nitrogens with zero attached hydrogens (tertiary/aromatic N) is 2. The summed E-state index contributed by atoms with van der Waals surface area (Å²) in [6.45, 7) is 5.35. The lowest BCUT2D eigenvalue weighted by Gasteiger charge is -2.40. The van der Waals surface area contributed by atoms with Crippen molar-refractivity contribution in [3.8, 4) is 0 Å². The van der Waals surface area contributed by atoms with Gasteiger partial charge in [0.1, 0.15) is 0 Å². The summed E-state index contributed by atoms with van der Waals surface area (Å²) >= 11 is 0. The molecule has 1 amide bonds. The van der Waals surface area contributed by atoms with Gasteiger partial charge in [-0.1, -0.05) is 0 Å². The summed E-state index contributed by atoms with van der Waals surface area (Å²) in [5, 5.41) is 10.1. The molecule has 0 radical (unpaired) electrons. The van der Waals surface area contributed by atoms with E-state index in [4.69, 9.17) is 0 Å². The highest BCUT2D eigenvalue weighted by molar-refractivity contribution is 7.89. The van der Waals surface area contributed by atoms with Crippen molar-refractivity contribution in [2.24, 2.45) is 5.92 Å². The van der Waals surface area contributed by atoms with Crippen LogP contribution in [0.3, 0.4) is 0 Å². The maximum Gasteiger partial charge on any atom is 0.225 e. The van der Waals surface area contributed by atoms with Crippen molar-refractivity contribution in [2.45, 2.75) is 45.1 Å². The molecule has 0 saturated carbocycles. The first-order chi connectivity index (χ1) is 9.75. The molecule has 1 N–H and O–H groups in total. The highest BCUT2D eigenvalue weighted by Gasteiger charge is 2.36. The van der Waals surface area contributed by atoms with Crippen molar-refractivity contribution in [3.05, 3.63) is 0 Å². The number of rotatable bonds is 3. The Balaban J connectivity index is 1.92. The van der Waals surface area contributed by atoms with Gasteiger partial charge in [-0.3, -0.25) is 4.79 Å². The highest BCUT2D eigenvalue weighted by atomic mass is 32.2. The van der Waals surface area contributed by atoms with Crippen molar-refractivity contribution in [1.82, 2.24) is 9.21 Å². The van der Waals surface area contributed by atoms with Crippen LogP contribution < -0.4 is 0 Å². The zero-order chi connectivity index (χ0) is 15.7. The fraction of sp³-hybridized carbons (Fsp3) is 0.929. The maximum atomic E-state index is 12.5. The molecule has 0 aromatic heterocycles. The Hall–Kier alpha value is -0.660. The Morgan fingerprint density at radius 1 is 1.29 bits per heavy atom. The lowest BCUT2D eigenvalue weighted by Crippen LogP contribution is -2.52. The molecule has 0 bridgehead atoms. The van der Waals surface area contributed by atoms with E-state index in [1.165, 1.54) is 4.31 Å². The van der Waals surface area contributed by atoms with Gasteiger partial charge in [0.05, 0.1) is 11.4 Å². The van der Waals surface area contributed by atoms with E-state index in [1.54, 1.807) is 18.7 Å². The molecule has 0 aromatic rings. The van der Waals surface area contributed by atoms with Crippen LogP contribution in [0.15, 0.2) is 0 Å². The van der Waals surface area contributed by atoms with Gasteiger partial charge in [0.2, 0.25) is 15.9 Å². The molecule has 21 heavy (non-hydrogen) atoms. The molecule has 122 valence electrons. The zero-order valence-corrected chi connectivity index (χ0v) is 13.7. The van der Waals surface area contributed by atoms with Gasteiger partial charge in [-0.25, -0.2) is 12.7 Å². The Labute approximate surface area is 127 Å². The number of amides is 1. The molecule has 2 aliphatic rings. The minimum Gasteiger partial charge on any atom is -0.388 e. The summed E-state index contributed by atoms with van der Waals surface area (Å²) in [4.78, 5) is 14.3. The first-order valence-electron chi connectivity index (χ1n) is 7.74. The number of piperidine rings is 2. The smallest absolute Gasteiger partial charge is 0.225 e. The standard InChI is InChI=1S/C14H26N2O4S/c1-3-21(19,20)16-9-5-12(6-10-16)13(17)15-8-4-7-14(2,18)11-15/h12,18H,3-11H2,1-2H3. The van der Waals surface area contributed by atoms with E-state index >= 15 is 0 Å². The highest BCUT2D eigenvalue weighted by Crippen LogP contribution is 2.26. The van der Waals surface area contributed by atoms with Crippen molar-refractivity contribution < 1.29 is 18.3 Å². The lowest BCUT2D eigenvalue weighted by atomic mass is 9.91. The van der Waals surface area contributed by atoms with E-state index in [2.05, 4.69) is 0 Å². The Morgan fingerprint density at radius 2 is 1.90 bits per heavy atom. The van der Waals surface area contributed by atoms with Crippen LogP contribution in [0.1, 0.15) is 39.5 Å². The second-order valence-electron chi connectivity index (χ2n) is 6.43. The number of hydrogen-bond acceptors (Lipinski definition) is 4. The summed E-state index contributed by atoms with van der Waals surface area (Å²) in [6, 6.07) is 0. The molecule has 2 aliphatic heterocycles. The summed E-state index contributed by atoms with van der Waals surface area (Å²) < 4.78 is 25.1. The molecule has 0 spiro atoms. The van der Waals surface area contributed by atoms with Gasteiger partial charge < -0.3 is 10.0 Å². The van der Waals surface area contributed by atoms with E-state index in [9.17, 15) is 18.3 Å². The number of aliphatic hydroxyl groups is 1. The molecule has 0 aliphatic carbocycles. The molecule has 1 unspecified atom stereocenters. The van der Waals surface area contributed by atoms with E-state index in [-0.39, 0.29) is 17.6 Å². The van der Waals surface area contributed by atoms with Gasteiger partial charge in [0.25, 0.3) is 0 Å². The predicted molar refractivity (Wildman–Crippen MR) is 80.2 cm³/mol. The number of carbonyl (C=O) groups excluding carboxylic acids is 1. The molecular weight excluding hydrogens is 292 g/mol. The number of likely N-dealkylation sites (tertiary alicyclic amines) is 1. The normalized spacial score (nSPS) is 29.6. The average Bonchev–Trinajstić information content (AvgIpc) is 2.45. The van der Waals surface area contributed by atoms with Gasteiger partial charge in [-0.15, -0.1) is 0 Å². The summed E-state index contributed by atoms with van der Waals surface area (Å²) in [6.07, 6.45) is 2.71. The Kier molecular flexibility index (Phi) is 4.95. The summed E-state index contributed by atoms with van der Waals surface area (Å²) in [7, 11) is -3.15. The minimum absolute atomic E-state index is 0.0727. The van der Waals surface area contributed by atoms with Gasteiger partial charge in [0.15, 0.2) is 0 Å². The van der Waals surface area contributed by atoms with Crippen LogP contribution in [0.2, 0.25) is 0 Å². The topological polar surface area (TPSA) is 77.9 Å². The molecule has 2 heterocycles. The number of hydrogen-bond donors (Lipinski definition) is 1. The van der Waals surface area contributed by atoms with Gasteiger partial charge >= 0.3 is 0 Å². The molecule has 1 atom stereocenters. The van der Waals surface area contributed by atoms with Crippen molar-refractivity contribution >= 4 is 15.9 Å². The first kappa shape index (κ1) is 16.7. The zero-order valence-electron chi connectivity index (χ0n) is 12.9. The maximum absolute atomic E-state index is 12.5. The molecule has 6 nitrogen and oxygen atoms in total. The van der Waals surface area contributed by atoms with Crippen molar-refractivity contribution in [2.75, 3.05) is 31.9 Å². The molecule has 2 fully saturated rings. The lowest BCUT2D eigenvalue weighted by molar-refractivity contribution is -0.143. The van der Waals surface area contributed by atoms with Crippen LogP contribution in [-0.4, -0.2) is 66.2 Å². The predicted octanol–water partition coefficient (Wildman–Crippen LogP) is 0.422. The third-order valence-corrected chi connectivity index (χ3v) is 6.43. The SMILES string of the molecule is CCS(=O)(=O)N1CCC(C(=O)N2CCCC(C)(O)C2)CC1. The molecule has 0 aromatic carbocycles. The summed E-state index contributed by atoms with van der Waals surface area (Å²) in [5.74, 6) is 0.0753. The van der Waals surface area contributed by atoms with Crippen molar-refractivity contribution in [1.29, 1.82) is 0 Å². The number of sulfonamides is 1. The third kappa shape index (κ3) is 3.96. The van der Waals surface area contributed by atoms with E-state index < -0.39 is 15.6 Å². The Morgan fingerprint density at radius 3 is 2.43 bits per heavy atom. The minimum atomic E-state index is -3.15. The second-order valence-corrected chi connectivity index (χ2v) is 8.69. The third-order valence-electron chi connectivity index (χ3n) is 4.55. The summed E-state index contributed by atoms with van der Waals surface area (Å²) in [5.41, 5.74) is -0.792. The largest absolute Gasteiger partial charge is 0.388 e. The molecule has 7 heteroatoms. The fourth-order valence-electron chi connectivity index (χ4n) is 3.23. The van der Waals surface area contributed by atoms with Crippen LogP contribution >= 0.6 is 0 Å². The van der Waals surface area contributed by atoms with Crippen LogP contribution in [0.25, 0.3) is 0 Å². The molecule has 2 saturated heterocycles. The Bertz CT molecular complexity index is 481. The van der Waals surface area contributed by atoms with Crippen LogP contribution in [-0.2, 0) is 14.8 Å². The van der Waals surface area contributed by atoms with Crippen LogP contribution in [0.4, 0.5) is 0 Å². The van der Waals surface area contributed by atoms with E-state index in [0.29, 0.717) is 39.0 Å². The fourth-order valence-corrected chi connectivity index (χ4v) is 4.36. The average molecular weight is 318 g/mol. The first-order valence-corrected chi connectivity index (χ1v) is 9.35. The van der Waals surface area contributed by atoms with Crippen LogP contribution in [0.5, 0.6) is 0 Å². The number of carbonyl (C=O) groups is 1. The van der Waals surface area contributed by atoms with Gasteiger partial charge in [0, 0.05) is 32.1 Å². The molecular formula is C14H26N2O4S. The number of β-amino-alcohol motifs (C(OH)–C–C–N with tert-alkyl or cyclic N) is 1. The second kappa shape index (κ2) is 6.22. The van der Waals surface area contributed by atoms with Crippen molar-refractivity contribution in [3.63, 3.8) is 0 Å². The molecule has 2 rings (SSSR count). The quantitative estimate of drug-likeness (QED) is 0.818. The van der Waals surface area contributed by atoms with E-state index in [1.807, 2.05) is 0 Å². The van der Waals surface area contributed by atoms with Gasteiger partial charge in [-0.05, 0) is 39.5 Å². The van der Waals surface area contributed by atoms with Gasteiger partial charge in [-0.2, -0.15) is 0 Å². The van der Waals surface area contributed by atoms with Crippen LogP contribution in [0, 0.1) is 5.92 Å².